The summed E-state index contributed by atoms with van der Waals surface area (Å²) in [6.45, 7) is 5.57. The summed E-state index contributed by atoms with van der Waals surface area (Å²) in [5, 5.41) is 7.70. The topological polar surface area (TPSA) is 74.0 Å². The van der Waals surface area contributed by atoms with Gasteiger partial charge in [0.15, 0.2) is 0 Å². The summed E-state index contributed by atoms with van der Waals surface area (Å²) in [5.74, 6) is -0.127. The standard InChI is InChI=1S/C27H31N5O2/c1-27(2)17-34-14-11-24(27)29-26(33)23-16-20(25-22(28-23)9-12-31(25)3)15-18-5-7-19(8-6-18)21-10-13-32(4)30-21/h5-10,12-13,16,24H,11,14-15,17H2,1-4H3,(H,29,33). The van der Waals surface area contributed by atoms with Crippen molar-refractivity contribution in [2.45, 2.75) is 32.7 Å². The zero-order chi connectivity index (χ0) is 23.9. The summed E-state index contributed by atoms with van der Waals surface area (Å²) in [5.41, 5.74) is 6.53. The van der Waals surface area contributed by atoms with Gasteiger partial charge < -0.3 is 14.6 Å². The molecule has 0 radical (unpaired) electrons. The number of pyridine rings is 1. The van der Waals surface area contributed by atoms with Crippen molar-refractivity contribution in [3.63, 3.8) is 0 Å². The van der Waals surface area contributed by atoms with Crippen LogP contribution in [0.25, 0.3) is 22.3 Å². The van der Waals surface area contributed by atoms with Gasteiger partial charge in [-0.25, -0.2) is 4.98 Å². The van der Waals surface area contributed by atoms with Crippen molar-refractivity contribution < 1.29 is 9.53 Å². The number of hydrogen-bond acceptors (Lipinski definition) is 4. The molecule has 1 fully saturated rings. The van der Waals surface area contributed by atoms with E-state index in [0.717, 1.165) is 34.3 Å². The highest BCUT2D eigenvalue weighted by Gasteiger charge is 2.34. The van der Waals surface area contributed by atoms with Crippen LogP contribution in [0, 0.1) is 5.41 Å². The van der Waals surface area contributed by atoms with Crippen LogP contribution >= 0.6 is 0 Å². The third-order valence-electron chi connectivity index (χ3n) is 6.77. The quantitative estimate of drug-likeness (QED) is 0.490. The predicted molar refractivity (Wildman–Crippen MR) is 133 cm³/mol. The second-order valence-corrected chi connectivity index (χ2v) is 9.93. The van der Waals surface area contributed by atoms with E-state index < -0.39 is 0 Å². The zero-order valence-corrected chi connectivity index (χ0v) is 20.2. The molecule has 1 amide bonds. The van der Waals surface area contributed by atoms with Gasteiger partial charge in [0.2, 0.25) is 0 Å². The number of rotatable bonds is 5. The van der Waals surface area contributed by atoms with Crippen LogP contribution in [-0.4, -0.2) is 44.5 Å². The van der Waals surface area contributed by atoms with E-state index in [2.05, 4.69) is 53.1 Å². The summed E-state index contributed by atoms with van der Waals surface area (Å²) in [6, 6.07) is 14.4. The van der Waals surface area contributed by atoms with Crippen molar-refractivity contribution in [1.82, 2.24) is 24.6 Å². The molecule has 7 nitrogen and oxygen atoms in total. The highest BCUT2D eigenvalue weighted by atomic mass is 16.5. The molecule has 1 unspecified atom stereocenters. The van der Waals surface area contributed by atoms with Crippen molar-refractivity contribution in [2.75, 3.05) is 13.2 Å². The molecular formula is C27H31N5O2. The van der Waals surface area contributed by atoms with E-state index in [0.29, 0.717) is 25.3 Å². The molecule has 5 rings (SSSR count). The molecular weight excluding hydrogens is 426 g/mol. The van der Waals surface area contributed by atoms with E-state index in [1.165, 1.54) is 5.56 Å². The summed E-state index contributed by atoms with van der Waals surface area (Å²) >= 11 is 0. The first-order valence-electron chi connectivity index (χ1n) is 11.7. The van der Waals surface area contributed by atoms with Crippen LogP contribution in [-0.2, 0) is 25.3 Å². The average Bonchev–Trinajstić information content (AvgIpc) is 3.41. The van der Waals surface area contributed by atoms with E-state index in [1.807, 2.05) is 44.7 Å². The van der Waals surface area contributed by atoms with Crippen molar-refractivity contribution >= 4 is 16.9 Å². The maximum absolute atomic E-state index is 13.2. The van der Waals surface area contributed by atoms with Gasteiger partial charge in [0.05, 0.1) is 23.3 Å². The van der Waals surface area contributed by atoms with Crippen molar-refractivity contribution in [2.24, 2.45) is 19.5 Å². The summed E-state index contributed by atoms with van der Waals surface area (Å²) < 4.78 is 9.49. The van der Waals surface area contributed by atoms with Gasteiger partial charge in [-0.2, -0.15) is 5.10 Å². The fourth-order valence-corrected chi connectivity index (χ4v) is 4.75. The number of carbonyl (C=O) groups is 1. The van der Waals surface area contributed by atoms with Crippen LogP contribution in [0.5, 0.6) is 0 Å². The number of ether oxygens (including phenoxy) is 1. The SMILES string of the molecule is Cn1ccc(-c2ccc(Cc3cc(C(=O)NC4CCOCC4(C)C)nc4ccn(C)c34)cc2)n1. The largest absolute Gasteiger partial charge is 0.381 e. The third-order valence-corrected chi connectivity index (χ3v) is 6.77. The molecule has 0 saturated carbocycles. The molecule has 3 aromatic heterocycles. The maximum Gasteiger partial charge on any atom is 0.270 e. The van der Waals surface area contributed by atoms with E-state index in [1.54, 1.807) is 4.68 Å². The monoisotopic (exact) mass is 457 g/mol. The minimum Gasteiger partial charge on any atom is -0.381 e. The van der Waals surface area contributed by atoms with Gasteiger partial charge >= 0.3 is 0 Å². The van der Waals surface area contributed by atoms with Crippen LogP contribution in [0.2, 0.25) is 0 Å². The third kappa shape index (κ3) is 4.35. The Bertz CT molecular complexity index is 1330. The number of hydrogen-bond donors (Lipinski definition) is 1. The molecule has 1 aromatic carbocycles. The van der Waals surface area contributed by atoms with E-state index in [-0.39, 0.29) is 17.4 Å². The first kappa shape index (κ1) is 22.3. The lowest BCUT2D eigenvalue weighted by atomic mass is 9.82. The van der Waals surface area contributed by atoms with Crippen LogP contribution in [0.3, 0.4) is 0 Å². The normalized spacial score (nSPS) is 17.7. The fourth-order valence-electron chi connectivity index (χ4n) is 4.75. The minimum absolute atomic E-state index is 0.0598. The lowest BCUT2D eigenvalue weighted by Gasteiger charge is -2.38. The first-order chi connectivity index (χ1) is 16.3. The number of nitrogens with zero attached hydrogens (tertiary/aromatic N) is 4. The van der Waals surface area contributed by atoms with Crippen molar-refractivity contribution in [3.05, 3.63) is 71.7 Å². The van der Waals surface area contributed by atoms with E-state index in [9.17, 15) is 4.79 Å². The molecule has 176 valence electrons. The predicted octanol–water partition coefficient (Wildman–Crippen LogP) is 4.11. The fraction of sp³-hybridized carbons (Fsp3) is 0.370. The lowest BCUT2D eigenvalue weighted by molar-refractivity contribution is -0.0116. The number of aromatic nitrogens is 4. The van der Waals surface area contributed by atoms with Crippen LogP contribution in [0.15, 0.2) is 54.9 Å². The number of amides is 1. The molecule has 7 heteroatoms. The minimum atomic E-state index is -0.127. The Labute approximate surface area is 199 Å². The summed E-state index contributed by atoms with van der Waals surface area (Å²) in [4.78, 5) is 17.9. The van der Waals surface area contributed by atoms with Gasteiger partial charge in [-0.1, -0.05) is 38.1 Å². The average molecular weight is 458 g/mol. The Hall–Kier alpha value is -3.45. The molecule has 34 heavy (non-hydrogen) atoms. The maximum atomic E-state index is 13.2. The Morgan fingerprint density at radius 3 is 2.65 bits per heavy atom. The highest BCUT2D eigenvalue weighted by Crippen LogP contribution is 2.28. The number of nitrogens with one attached hydrogen (secondary N) is 1. The molecule has 1 atom stereocenters. The second-order valence-electron chi connectivity index (χ2n) is 9.93. The zero-order valence-electron chi connectivity index (χ0n) is 20.2. The van der Waals surface area contributed by atoms with Crippen molar-refractivity contribution in [1.29, 1.82) is 0 Å². The number of aryl methyl sites for hydroxylation is 2. The molecule has 0 bridgehead atoms. The molecule has 1 saturated heterocycles. The molecule has 1 N–H and O–H groups in total. The summed E-state index contributed by atoms with van der Waals surface area (Å²) in [7, 11) is 3.94. The molecule has 0 spiro atoms. The lowest BCUT2D eigenvalue weighted by Crippen LogP contribution is -2.50. The Balaban J connectivity index is 1.43. The number of fused-ring (bicyclic) bond motifs is 1. The second kappa shape index (κ2) is 8.72. The highest BCUT2D eigenvalue weighted by molar-refractivity contribution is 5.95. The first-order valence-corrected chi connectivity index (χ1v) is 11.7. The molecule has 1 aliphatic rings. The van der Waals surface area contributed by atoms with E-state index in [4.69, 9.17) is 9.72 Å². The van der Waals surface area contributed by atoms with Gasteiger partial charge in [0, 0.05) is 50.1 Å². The van der Waals surface area contributed by atoms with Crippen molar-refractivity contribution in [3.8, 4) is 11.3 Å². The Morgan fingerprint density at radius 1 is 1.15 bits per heavy atom. The smallest absolute Gasteiger partial charge is 0.270 e. The van der Waals surface area contributed by atoms with Crippen LogP contribution < -0.4 is 5.32 Å². The van der Waals surface area contributed by atoms with Gasteiger partial charge in [-0.3, -0.25) is 9.48 Å². The Kier molecular flexibility index (Phi) is 5.73. The van der Waals surface area contributed by atoms with E-state index >= 15 is 0 Å². The molecule has 4 heterocycles. The van der Waals surface area contributed by atoms with Gasteiger partial charge in [-0.15, -0.1) is 0 Å². The van der Waals surface area contributed by atoms with Crippen LogP contribution in [0.4, 0.5) is 0 Å². The molecule has 0 aliphatic carbocycles. The van der Waals surface area contributed by atoms with Crippen LogP contribution in [0.1, 0.15) is 41.9 Å². The molecule has 4 aromatic rings. The van der Waals surface area contributed by atoms with Gasteiger partial charge in [0.1, 0.15) is 5.69 Å². The summed E-state index contributed by atoms with van der Waals surface area (Å²) in [6.07, 6.45) is 5.46. The van der Waals surface area contributed by atoms with Gasteiger partial charge in [0.25, 0.3) is 5.91 Å². The molecule has 1 aliphatic heterocycles. The number of carbonyl (C=O) groups excluding carboxylic acids is 1. The number of benzene rings is 1. The Morgan fingerprint density at radius 2 is 1.94 bits per heavy atom. The van der Waals surface area contributed by atoms with Gasteiger partial charge in [-0.05, 0) is 42.2 Å².